The molecule has 0 bridgehead atoms. The van der Waals surface area contributed by atoms with Gasteiger partial charge in [-0.1, -0.05) is 22.0 Å². The van der Waals surface area contributed by atoms with Crippen molar-refractivity contribution >= 4 is 31.7 Å². The van der Waals surface area contributed by atoms with Crippen LogP contribution in [0.2, 0.25) is 0 Å². The van der Waals surface area contributed by atoms with Crippen molar-refractivity contribution in [3.63, 3.8) is 0 Å². The number of hydrogen-bond acceptors (Lipinski definition) is 5. The van der Waals surface area contributed by atoms with Gasteiger partial charge in [0.05, 0.1) is 12.0 Å². The van der Waals surface area contributed by atoms with Gasteiger partial charge >= 0.3 is 5.97 Å². The largest absolute Gasteiger partial charge is 0.467 e. The zero-order valence-corrected chi connectivity index (χ0v) is 11.6. The Labute approximate surface area is 107 Å². The number of halogens is 1. The molecule has 0 aliphatic rings. The van der Waals surface area contributed by atoms with Gasteiger partial charge < -0.3 is 9.84 Å². The normalized spacial score (nSPS) is 13.2. The summed E-state index contributed by atoms with van der Waals surface area (Å²) in [5, 5.41) is 9.75. The van der Waals surface area contributed by atoms with Crippen LogP contribution in [0.15, 0.2) is 27.6 Å². The number of sulfone groups is 1. The monoisotopic (exact) mass is 322 g/mol. The zero-order chi connectivity index (χ0) is 13.2. The molecule has 0 amide bonds. The molecule has 94 valence electrons. The second kappa shape index (κ2) is 5.16. The average molecular weight is 323 g/mol. The Morgan fingerprint density at radius 3 is 2.53 bits per heavy atom. The highest BCUT2D eigenvalue weighted by Crippen LogP contribution is 2.30. The lowest BCUT2D eigenvalue weighted by atomic mass is 10.1. The van der Waals surface area contributed by atoms with E-state index in [-0.39, 0.29) is 10.5 Å². The maximum Gasteiger partial charge on any atom is 0.339 e. The van der Waals surface area contributed by atoms with Crippen LogP contribution >= 0.6 is 15.9 Å². The van der Waals surface area contributed by atoms with Gasteiger partial charge in [0.1, 0.15) is 0 Å². The molecule has 1 aromatic rings. The Morgan fingerprint density at radius 2 is 2.06 bits per heavy atom. The predicted octanol–water partition coefficient (Wildman–Crippen LogP) is 1.06. The molecule has 0 saturated heterocycles. The van der Waals surface area contributed by atoms with E-state index in [0.29, 0.717) is 4.47 Å². The van der Waals surface area contributed by atoms with Gasteiger partial charge in [0, 0.05) is 16.3 Å². The van der Waals surface area contributed by atoms with Crippen LogP contribution in [0.25, 0.3) is 0 Å². The van der Waals surface area contributed by atoms with Crippen LogP contribution in [0.1, 0.15) is 11.7 Å². The topological polar surface area (TPSA) is 80.7 Å². The summed E-state index contributed by atoms with van der Waals surface area (Å²) in [4.78, 5) is 11.1. The molecule has 1 atom stereocenters. The fourth-order valence-corrected chi connectivity index (χ4v) is 3.00. The average Bonchev–Trinajstić information content (AvgIpc) is 2.25. The first kappa shape index (κ1) is 14.1. The minimum absolute atomic E-state index is 0.0122. The number of aliphatic hydroxyl groups is 1. The molecule has 0 saturated carbocycles. The second-order valence-electron chi connectivity index (χ2n) is 3.35. The van der Waals surface area contributed by atoms with Gasteiger partial charge in [0.15, 0.2) is 15.9 Å². The van der Waals surface area contributed by atoms with Crippen molar-refractivity contribution in [3.05, 3.63) is 28.2 Å². The van der Waals surface area contributed by atoms with Gasteiger partial charge in [-0.2, -0.15) is 0 Å². The zero-order valence-electron chi connectivity index (χ0n) is 9.18. The molecule has 7 heteroatoms. The number of carbonyl (C=O) groups is 1. The van der Waals surface area contributed by atoms with Gasteiger partial charge in [-0.3, -0.25) is 0 Å². The summed E-state index contributed by atoms with van der Waals surface area (Å²) in [6, 6.07) is 4.37. The third kappa shape index (κ3) is 3.05. The molecule has 17 heavy (non-hydrogen) atoms. The van der Waals surface area contributed by atoms with Crippen LogP contribution in [-0.2, 0) is 19.4 Å². The first-order valence-corrected chi connectivity index (χ1v) is 7.22. The molecule has 5 nitrogen and oxygen atoms in total. The number of aliphatic hydroxyl groups excluding tert-OH is 1. The van der Waals surface area contributed by atoms with Gasteiger partial charge in [-0.25, -0.2) is 13.2 Å². The van der Waals surface area contributed by atoms with Crippen molar-refractivity contribution in [2.24, 2.45) is 0 Å². The lowest BCUT2D eigenvalue weighted by molar-refractivity contribution is -0.150. The molecule has 0 heterocycles. The molecule has 1 unspecified atom stereocenters. The first-order chi connectivity index (χ1) is 7.79. The molecule has 1 rings (SSSR count). The molecule has 0 radical (unpaired) electrons. The van der Waals surface area contributed by atoms with Crippen molar-refractivity contribution in [3.8, 4) is 0 Å². The summed E-state index contributed by atoms with van der Waals surface area (Å²) in [6.45, 7) is 0. The smallest absolute Gasteiger partial charge is 0.339 e. The number of rotatable bonds is 3. The molecule has 1 aromatic carbocycles. The second-order valence-corrected chi connectivity index (χ2v) is 6.19. The summed E-state index contributed by atoms with van der Waals surface area (Å²) in [7, 11) is -2.43. The fourth-order valence-electron chi connectivity index (χ4n) is 1.34. The van der Waals surface area contributed by atoms with E-state index in [0.717, 1.165) is 13.4 Å². The van der Waals surface area contributed by atoms with Crippen molar-refractivity contribution in [1.82, 2.24) is 0 Å². The standard InChI is InChI=1S/C10H11BrO5S/c1-16-10(13)9(12)8-6(11)4-3-5-7(8)17(2,14)15/h3-5,9,12H,1-2H3. The maximum absolute atomic E-state index is 11.5. The Morgan fingerprint density at radius 1 is 1.47 bits per heavy atom. The lowest BCUT2D eigenvalue weighted by Gasteiger charge is -2.14. The molecule has 0 spiro atoms. The van der Waals surface area contributed by atoms with E-state index in [1.807, 2.05) is 0 Å². The Bertz CT molecular complexity index is 538. The van der Waals surface area contributed by atoms with Crippen LogP contribution < -0.4 is 0 Å². The van der Waals surface area contributed by atoms with E-state index in [4.69, 9.17) is 0 Å². The summed E-state index contributed by atoms with van der Waals surface area (Å²) in [5.74, 6) is -0.915. The number of methoxy groups -OCH3 is 1. The SMILES string of the molecule is COC(=O)C(O)c1c(Br)cccc1S(C)(=O)=O. The van der Waals surface area contributed by atoms with E-state index in [1.54, 1.807) is 0 Å². The van der Waals surface area contributed by atoms with Crippen molar-refractivity contribution in [1.29, 1.82) is 0 Å². The highest BCUT2D eigenvalue weighted by Gasteiger charge is 2.27. The van der Waals surface area contributed by atoms with Crippen molar-refractivity contribution in [2.75, 3.05) is 13.4 Å². The third-order valence-electron chi connectivity index (χ3n) is 2.11. The lowest BCUT2D eigenvalue weighted by Crippen LogP contribution is -2.17. The van der Waals surface area contributed by atoms with Crippen molar-refractivity contribution in [2.45, 2.75) is 11.0 Å². The first-order valence-electron chi connectivity index (χ1n) is 4.53. The summed E-state index contributed by atoms with van der Waals surface area (Å²) < 4.78 is 27.8. The molecule has 0 aliphatic heterocycles. The molecule has 1 N–H and O–H groups in total. The van der Waals surface area contributed by atoms with E-state index < -0.39 is 21.9 Å². The molecule has 0 fully saturated rings. The number of hydrogen-bond donors (Lipinski definition) is 1. The summed E-state index contributed by atoms with van der Waals surface area (Å²) in [5.41, 5.74) is -0.0122. The van der Waals surface area contributed by atoms with Crippen molar-refractivity contribution < 1.29 is 23.1 Å². The highest BCUT2D eigenvalue weighted by atomic mass is 79.9. The van der Waals surface area contributed by atoms with Crippen LogP contribution in [0.4, 0.5) is 0 Å². The molecule has 0 aliphatic carbocycles. The minimum atomic E-state index is -3.54. The van der Waals surface area contributed by atoms with E-state index in [9.17, 15) is 18.3 Å². The third-order valence-corrected chi connectivity index (χ3v) is 3.96. The Balaban J connectivity index is 3.46. The van der Waals surface area contributed by atoms with Crippen LogP contribution in [0, 0.1) is 0 Å². The van der Waals surface area contributed by atoms with E-state index in [2.05, 4.69) is 20.7 Å². The Hall–Kier alpha value is -0.920. The number of carbonyl (C=O) groups excluding carboxylic acids is 1. The summed E-state index contributed by atoms with van der Waals surface area (Å²) >= 11 is 3.11. The Kier molecular flexibility index (Phi) is 4.29. The van der Waals surface area contributed by atoms with E-state index in [1.165, 1.54) is 18.2 Å². The van der Waals surface area contributed by atoms with Gasteiger partial charge in [-0.15, -0.1) is 0 Å². The predicted molar refractivity (Wildman–Crippen MR) is 64.2 cm³/mol. The van der Waals surface area contributed by atoms with Crippen LogP contribution in [-0.4, -0.2) is 32.9 Å². The number of ether oxygens (including phenoxy) is 1. The van der Waals surface area contributed by atoms with Crippen LogP contribution in [0.3, 0.4) is 0 Å². The van der Waals surface area contributed by atoms with Gasteiger partial charge in [-0.05, 0) is 12.1 Å². The van der Waals surface area contributed by atoms with Gasteiger partial charge in [0.2, 0.25) is 0 Å². The molecule has 0 aromatic heterocycles. The van der Waals surface area contributed by atoms with Gasteiger partial charge in [0.25, 0.3) is 0 Å². The minimum Gasteiger partial charge on any atom is -0.467 e. The van der Waals surface area contributed by atoms with Crippen LogP contribution in [0.5, 0.6) is 0 Å². The molecular formula is C10H11BrO5S. The quantitative estimate of drug-likeness (QED) is 0.841. The fraction of sp³-hybridized carbons (Fsp3) is 0.300. The molecular weight excluding hydrogens is 312 g/mol. The number of benzene rings is 1. The summed E-state index contributed by atoms with van der Waals surface area (Å²) in [6.07, 6.45) is -0.636. The van der Waals surface area contributed by atoms with E-state index >= 15 is 0 Å². The number of esters is 1. The highest BCUT2D eigenvalue weighted by molar-refractivity contribution is 9.10. The maximum atomic E-state index is 11.5.